The van der Waals surface area contributed by atoms with Gasteiger partial charge in [0.25, 0.3) is 0 Å². The number of hydrogen-bond acceptors (Lipinski definition) is 7. The average Bonchev–Trinajstić information content (AvgIpc) is 3.26. The minimum absolute atomic E-state index is 0.310. The number of benzene rings is 1. The van der Waals surface area contributed by atoms with Gasteiger partial charge in [0.1, 0.15) is 36.4 Å². The number of rotatable bonds is 7. The van der Waals surface area contributed by atoms with Crippen LogP contribution in [0.1, 0.15) is 5.69 Å². The average molecular weight is 433 g/mol. The predicted octanol–water partition coefficient (Wildman–Crippen LogP) is 1.60. The lowest BCUT2D eigenvalue weighted by molar-refractivity contribution is 0.0375. The number of para-hydroxylation sites is 1. The van der Waals surface area contributed by atoms with Gasteiger partial charge in [0, 0.05) is 32.7 Å². The summed E-state index contributed by atoms with van der Waals surface area (Å²) in [4.78, 5) is 16.4. The van der Waals surface area contributed by atoms with E-state index in [0.29, 0.717) is 6.61 Å². The fourth-order valence-electron chi connectivity index (χ4n) is 3.64. The van der Waals surface area contributed by atoms with Crippen molar-refractivity contribution in [2.24, 2.45) is 0 Å². The molecule has 0 bridgehead atoms. The van der Waals surface area contributed by atoms with Crippen molar-refractivity contribution < 1.29 is 9.84 Å². The number of aromatic nitrogens is 3. The van der Waals surface area contributed by atoms with Crippen LogP contribution >= 0.6 is 0 Å². The highest BCUT2D eigenvalue weighted by molar-refractivity contribution is 5.88. The molecule has 0 spiro atoms. The Bertz CT molecular complexity index is 1090. The first-order chi connectivity index (χ1) is 15.7. The molecule has 2 aromatic heterocycles. The summed E-state index contributed by atoms with van der Waals surface area (Å²) in [6.45, 7) is 4.12. The largest absolute Gasteiger partial charge is 0.481 e. The number of ether oxygens (including phenoxy) is 1. The van der Waals surface area contributed by atoms with Gasteiger partial charge in [0.05, 0.1) is 11.1 Å². The monoisotopic (exact) mass is 432 g/mol. The van der Waals surface area contributed by atoms with Gasteiger partial charge in [-0.3, -0.25) is 4.90 Å². The Balaban J connectivity index is 1.39. The van der Waals surface area contributed by atoms with Crippen molar-refractivity contribution in [2.45, 2.75) is 6.23 Å². The second kappa shape index (κ2) is 10.8. The lowest BCUT2D eigenvalue weighted by Crippen LogP contribution is -2.50. The predicted molar refractivity (Wildman–Crippen MR) is 126 cm³/mol. The molecule has 1 aromatic carbocycles. The molecule has 166 valence electrons. The summed E-state index contributed by atoms with van der Waals surface area (Å²) in [6.07, 6.45) is 4.78. The fraction of sp³-hybridized carbons (Fsp3) is 0.333. The minimum atomic E-state index is -0.567. The normalized spacial score (nSPS) is 15.6. The number of piperazine rings is 1. The summed E-state index contributed by atoms with van der Waals surface area (Å²) >= 11 is 0. The van der Waals surface area contributed by atoms with E-state index in [4.69, 9.17) is 4.74 Å². The number of hydrogen-bond donors (Lipinski definition) is 3. The van der Waals surface area contributed by atoms with E-state index in [1.54, 1.807) is 6.33 Å². The summed E-state index contributed by atoms with van der Waals surface area (Å²) in [5, 5.41) is 14.3. The van der Waals surface area contributed by atoms with Gasteiger partial charge in [-0.1, -0.05) is 30.2 Å². The smallest absolute Gasteiger partial charge is 0.149 e. The summed E-state index contributed by atoms with van der Waals surface area (Å²) < 4.78 is 5.62. The standard InChI is InChI=1S/C24H28N6O2/c1-25-11-5-10-22(31)29-12-14-30(15-13-29)24-21-17-19(28-23(21)26-18-27-24)7-6-16-32-20-8-3-2-4-9-20/h2-5,8-10,17-18,22,25,31H,11-16H2,1H3,(H,26,27,28). The Kier molecular flexibility index (Phi) is 7.35. The molecule has 0 radical (unpaired) electrons. The van der Waals surface area contributed by atoms with Gasteiger partial charge in [-0.15, -0.1) is 0 Å². The van der Waals surface area contributed by atoms with Crippen LogP contribution in [-0.4, -0.2) is 77.6 Å². The van der Waals surface area contributed by atoms with Crippen LogP contribution in [0.5, 0.6) is 5.75 Å². The van der Waals surface area contributed by atoms with Crippen molar-refractivity contribution in [3.8, 4) is 17.6 Å². The third-order valence-corrected chi connectivity index (χ3v) is 5.30. The van der Waals surface area contributed by atoms with Crippen molar-refractivity contribution in [2.75, 3.05) is 51.3 Å². The first-order valence-electron chi connectivity index (χ1n) is 10.7. The first-order valence-corrected chi connectivity index (χ1v) is 10.7. The number of aliphatic hydroxyl groups excluding tert-OH is 1. The first kappa shape index (κ1) is 21.8. The molecule has 8 heteroatoms. The van der Waals surface area contributed by atoms with E-state index in [1.165, 1.54) is 0 Å². The molecule has 1 aliphatic heterocycles. The molecule has 1 fully saturated rings. The van der Waals surface area contributed by atoms with Crippen molar-refractivity contribution in [1.29, 1.82) is 0 Å². The number of likely N-dealkylation sites (N-methyl/N-ethyl adjacent to an activating group) is 1. The van der Waals surface area contributed by atoms with Gasteiger partial charge in [0.15, 0.2) is 0 Å². The maximum absolute atomic E-state index is 10.3. The number of nitrogens with one attached hydrogen (secondary N) is 2. The molecule has 1 unspecified atom stereocenters. The van der Waals surface area contributed by atoms with Gasteiger partial charge >= 0.3 is 0 Å². The van der Waals surface area contributed by atoms with Gasteiger partial charge in [-0.05, 0) is 37.2 Å². The fourth-order valence-corrected chi connectivity index (χ4v) is 3.64. The highest BCUT2D eigenvalue weighted by Crippen LogP contribution is 2.25. The quantitative estimate of drug-likeness (QED) is 0.386. The highest BCUT2D eigenvalue weighted by atomic mass is 16.5. The summed E-state index contributed by atoms with van der Waals surface area (Å²) in [7, 11) is 1.88. The number of H-pyrrole nitrogens is 1. The minimum Gasteiger partial charge on any atom is -0.481 e. The van der Waals surface area contributed by atoms with Gasteiger partial charge in [0.2, 0.25) is 0 Å². The van der Waals surface area contributed by atoms with E-state index in [1.807, 2.05) is 55.6 Å². The number of aromatic amines is 1. The lowest BCUT2D eigenvalue weighted by Gasteiger charge is -2.37. The number of anilines is 1. The second-order valence-electron chi connectivity index (χ2n) is 7.47. The van der Waals surface area contributed by atoms with E-state index in [-0.39, 0.29) is 0 Å². The Morgan fingerprint density at radius 3 is 2.81 bits per heavy atom. The number of fused-ring (bicyclic) bond motifs is 1. The number of nitrogens with zero attached hydrogens (tertiary/aromatic N) is 4. The zero-order valence-electron chi connectivity index (χ0n) is 18.2. The van der Waals surface area contributed by atoms with Crippen LogP contribution in [0.25, 0.3) is 11.0 Å². The third-order valence-electron chi connectivity index (χ3n) is 5.30. The van der Waals surface area contributed by atoms with E-state index in [0.717, 1.165) is 61.0 Å². The molecular formula is C24H28N6O2. The van der Waals surface area contributed by atoms with Crippen LogP contribution in [0, 0.1) is 11.8 Å². The summed E-state index contributed by atoms with van der Waals surface area (Å²) in [5.74, 6) is 7.84. The van der Waals surface area contributed by atoms with E-state index in [9.17, 15) is 5.11 Å². The maximum atomic E-state index is 10.3. The van der Waals surface area contributed by atoms with E-state index < -0.39 is 6.23 Å². The lowest BCUT2D eigenvalue weighted by atomic mass is 10.2. The molecule has 3 aromatic rings. The van der Waals surface area contributed by atoms with Gasteiger partial charge in [-0.25, -0.2) is 9.97 Å². The topological polar surface area (TPSA) is 89.5 Å². The molecule has 4 rings (SSSR count). The van der Waals surface area contributed by atoms with Crippen molar-refractivity contribution >= 4 is 16.9 Å². The number of aliphatic hydroxyl groups is 1. The zero-order chi connectivity index (χ0) is 22.2. The second-order valence-corrected chi connectivity index (χ2v) is 7.47. The SMILES string of the molecule is CNCC=CC(O)N1CCN(c2ncnc3[nH]c(C#CCOc4ccccc4)cc23)CC1. The van der Waals surface area contributed by atoms with Gasteiger partial charge in [-0.2, -0.15) is 0 Å². The molecule has 0 saturated carbocycles. The Labute approximate surface area is 187 Å². The molecule has 3 heterocycles. The third kappa shape index (κ3) is 5.45. The Morgan fingerprint density at radius 2 is 2.03 bits per heavy atom. The van der Waals surface area contributed by atoms with Crippen molar-refractivity contribution in [3.05, 3.63) is 60.6 Å². The molecule has 0 aliphatic carbocycles. The summed E-state index contributed by atoms with van der Waals surface area (Å²) in [6, 6.07) is 11.6. The van der Waals surface area contributed by atoms with E-state index in [2.05, 4.69) is 41.9 Å². The van der Waals surface area contributed by atoms with E-state index >= 15 is 0 Å². The molecule has 3 N–H and O–H groups in total. The van der Waals surface area contributed by atoms with Crippen LogP contribution in [-0.2, 0) is 0 Å². The molecule has 1 atom stereocenters. The molecule has 1 saturated heterocycles. The zero-order valence-corrected chi connectivity index (χ0v) is 18.2. The molecular weight excluding hydrogens is 404 g/mol. The van der Waals surface area contributed by atoms with Crippen molar-refractivity contribution in [3.63, 3.8) is 0 Å². The van der Waals surface area contributed by atoms with Crippen LogP contribution < -0.4 is 15.0 Å². The van der Waals surface area contributed by atoms with Crippen LogP contribution in [0.2, 0.25) is 0 Å². The molecule has 32 heavy (non-hydrogen) atoms. The van der Waals surface area contributed by atoms with Crippen molar-refractivity contribution in [1.82, 2.24) is 25.2 Å². The Morgan fingerprint density at radius 1 is 1.22 bits per heavy atom. The summed E-state index contributed by atoms with van der Waals surface area (Å²) in [5.41, 5.74) is 1.54. The highest BCUT2D eigenvalue weighted by Gasteiger charge is 2.23. The maximum Gasteiger partial charge on any atom is 0.149 e. The van der Waals surface area contributed by atoms with Crippen LogP contribution in [0.3, 0.4) is 0 Å². The molecule has 8 nitrogen and oxygen atoms in total. The van der Waals surface area contributed by atoms with Crippen LogP contribution in [0.15, 0.2) is 54.9 Å². The molecule has 0 amide bonds. The van der Waals surface area contributed by atoms with Gasteiger partial charge < -0.3 is 25.0 Å². The van der Waals surface area contributed by atoms with Crippen LogP contribution in [0.4, 0.5) is 5.82 Å². The Hall–Kier alpha value is -3.38. The molecule has 1 aliphatic rings.